The van der Waals surface area contributed by atoms with Crippen LogP contribution in [0.25, 0.3) is 0 Å². The standard InChI is InChI=1S/C20H22ClN3O2/c21-16-9-7-15(8-10-16)19(25)24-17-5-3-4-14(12-17)13-23-18-6-1-2-11-22-20(18)26/h3-5,7-10,12,18,23H,1-2,6,11,13H2,(H,22,26)(H,24,25). The van der Waals surface area contributed by atoms with Crippen LogP contribution in [0.1, 0.15) is 35.2 Å². The van der Waals surface area contributed by atoms with Gasteiger partial charge in [0, 0.05) is 29.4 Å². The largest absolute Gasteiger partial charge is 0.355 e. The van der Waals surface area contributed by atoms with Crippen LogP contribution in [0.2, 0.25) is 5.02 Å². The number of carbonyl (C=O) groups excluding carboxylic acids is 2. The Hall–Kier alpha value is -2.37. The molecule has 3 N–H and O–H groups in total. The first-order valence-corrected chi connectivity index (χ1v) is 9.16. The van der Waals surface area contributed by atoms with Crippen LogP contribution in [0.3, 0.4) is 0 Å². The van der Waals surface area contributed by atoms with E-state index in [4.69, 9.17) is 11.6 Å². The molecule has 3 rings (SSSR count). The van der Waals surface area contributed by atoms with Crippen molar-refractivity contribution in [1.82, 2.24) is 10.6 Å². The van der Waals surface area contributed by atoms with E-state index in [-0.39, 0.29) is 17.9 Å². The van der Waals surface area contributed by atoms with Gasteiger partial charge in [-0.25, -0.2) is 0 Å². The van der Waals surface area contributed by atoms with Crippen LogP contribution in [-0.2, 0) is 11.3 Å². The van der Waals surface area contributed by atoms with Crippen LogP contribution < -0.4 is 16.0 Å². The summed E-state index contributed by atoms with van der Waals surface area (Å²) in [6.45, 7) is 1.33. The van der Waals surface area contributed by atoms with Gasteiger partial charge >= 0.3 is 0 Å². The number of rotatable bonds is 5. The third kappa shape index (κ3) is 5.07. The molecule has 2 aromatic rings. The van der Waals surface area contributed by atoms with E-state index in [1.165, 1.54) is 0 Å². The van der Waals surface area contributed by atoms with E-state index in [0.717, 1.165) is 37.1 Å². The molecule has 0 spiro atoms. The first-order chi connectivity index (χ1) is 12.6. The Morgan fingerprint density at radius 3 is 2.77 bits per heavy atom. The summed E-state index contributed by atoms with van der Waals surface area (Å²) in [6.07, 6.45) is 2.91. The van der Waals surface area contributed by atoms with Crippen LogP contribution in [0, 0.1) is 0 Å². The highest BCUT2D eigenvalue weighted by Crippen LogP contribution is 2.15. The smallest absolute Gasteiger partial charge is 0.255 e. The molecule has 5 nitrogen and oxygen atoms in total. The molecule has 1 heterocycles. The summed E-state index contributed by atoms with van der Waals surface area (Å²) in [7, 11) is 0. The average molecular weight is 372 g/mol. The Morgan fingerprint density at radius 1 is 1.15 bits per heavy atom. The van der Waals surface area contributed by atoms with Crippen molar-refractivity contribution >= 4 is 29.1 Å². The molecular weight excluding hydrogens is 350 g/mol. The fraction of sp³-hybridized carbons (Fsp3) is 0.300. The molecule has 2 aromatic carbocycles. The van der Waals surface area contributed by atoms with Gasteiger partial charge in [-0.05, 0) is 61.2 Å². The quantitative estimate of drug-likeness (QED) is 0.754. The van der Waals surface area contributed by atoms with Crippen LogP contribution in [-0.4, -0.2) is 24.4 Å². The average Bonchev–Trinajstić information content (AvgIpc) is 2.85. The second-order valence-corrected chi connectivity index (χ2v) is 6.82. The van der Waals surface area contributed by atoms with Gasteiger partial charge in [-0.2, -0.15) is 0 Å². The topological polar surface area (TPSA) is 70.2 Å². The van der Waals surface area contributed by atoms with E-state index in [2.05, 4.69) is 16.0 Å². The molecule has 0 saturated carbocycles. The summed E-state index contributed by atoms with van der Waals surface area (Å²) in [6, 6.07) is 14.2. The highest BCUT2D eigenvalue weighted by molar-refractivity contribution is 6.30. The molecule has 0 aromatic heterocycles. The lowest BCUT2D eigenvalue weighted by Gasteiger charge is -2.15. The maximum atomic E-state index is 12.3. The molecule has 1 saturated heterocycles. The molecule has 0 aliphatic carbocycles. The second-order valence-electron chi connectivity index (χ2n) is 6.38. The fourth-order valence-corrected chi connectivity index (χ4v) is 3.06. The van der Waals surface area contributed by atoms with Gasteiger partial charge in [0.15, 0.2) is 0 Å². The van der Waals surface area contributed by atoms with Gasteiger partial charge in [0.2, 0.25) is 5.91 Å². The van der Waals surface area contributed by atoms with Crippen LogP contribution >= 0.6 is 11.6 Å². The summed E-state index contributed by atoms with van der Waals surface area (Å²) in [4.78, 5) is 24.3. The number of benzene rings is 2. The summed E-state index contributed by atoms with van der Waals surface area (Å²) in [5, 5.41) is 9.71. The molecular formula is C20H22ClN3O2. The van der Waals surface area contributed by atoms with Crippen molar-refractivity contribution < 1.29 is 9.59 Å². The maximum absolute atomic E-state index is 12.3. The SMILES string of the molecule is O=C(Nc1cccc(CNC2CCCCNC2=O)c1)c1ccc(Cl)cc1. The number of nitrogens with one attached hydrogen (secondary N) is 3. The first kappa shape index (κ1) is 18.4. The van der Waals surface area contributed by atoms with E-state index in [0.29, 0.717) is 17.1 Å². The second kappa shape index (κ2) is 8.83. The minimum absolute atomic E-state index is 0.0645. The Labute approximate surface area is 158 Å². The van der Waals surface area contributed by atoms with Gasteiger partial charge in [0.25, 0.3) is 5.91 Å². The molecule has 1 fully saturated rings. The number of hydrogen-bond donors (Lipinski definition) is 3. The van der Waals surface area contributed by atoms with Crippen molar-refractivity contribution in [3.05, 3.63) is 64.7 Å². The lowest BCUT2D eigenvalue weighted by Crippen LogP contribution is -2.42. The Balaban J connectivity index is 1.60. The van der Waals surface area contributed by atoms with Gasteiger partial charge in [-0.1, -0.05) is 23.7 Å². The highest BCUT2D eigenvalue weighted by atomic mass is 35.5. The highest BCUT2D eigenvalue weighted by Gasteiger charge is 2.19. The van der Waals surface area contributed by atoms with E-state index < -0.39 is 0 Å². The lowest BCUT2D eigenvalue weighted by molar-refractivity contribution is -0.122. The molecule has 26 heavy (non-hydrogen) atoms. The van der Waals surface area contributed by atoms with Crippen LogP contribution in [0.5, 0.6) is 0 Å². The van der Waals surface area contributed by atoms with E-state index in [9.17, 15) is 9.59 Å². The summed E-state index contributed by atoms with van der Waals surface area (Å²) < 4.78 is 0. The van der Waals surface area contributed by atoms with E-state index in [1.807, 2.05) is 24.3 Å². The number of amides is 2. The molecule has 0 radical (unpaired) electrons. The normalized spacial score (nSPS) is 17.3. The zero-order valence-corrected chi connectivity index (χ0v) is 15.2. The zero-order chi connectivity index (χ0) is 18.4. The monoisotopic (exact) mass is 371 g/mol. The van der Waals surface area contributed by atoms with Crippen molar-refractivity contribution in [1.29, 1.82) is 0 Å². The molecule has 6 heteroatoms. The number of halogens is 1. The summed E-state index contributed by atoms with van der Waals surface area (Å²) in [5.41, 5.74) is 2.28. The predicted octanol–water partition coefficient (Wildman–Crippen LogP) is 3.35. The molecule has 2 amide bonds. The molecule has 1 atom stereocenters. The minimum atomic E-state index is -0.185. The van der Waals surface area contributed by atoms with Crippen molar-refractivity contribution in [3.8, 4) is 0 Å². The molecule has 136 valence electrons. The maximum Gasteiger partial charge on any atom is 0.255 e. The Morgan fingerprint density at radius 2 is 1.96 bits per heavy atom. The summed E-state index contributed by atoms with van der Waals surface area (Å²) >= 11 is 5.85. The molecule has 1 aliphatic rings. The van der Waals surface area contributed by atoms with Gasteiger partial charge in [-0.15, -0.1) is 0 Å². The third-order valence-electron chi connectivity index (χ3n) is 4.38. The van der Waals surface area contributed by atoms with Crippen molar-refractivity contribution in [2.24, 2.45) is 0 Å². The predicted molar refractivity (Wildman–Crippen MR) is 103 cm³/mol. The first-order valence-electron chi connectivity index (χ1n) is 8.79. The van der Waals surface area contributed by atoms with E-state index in [1.54, 1.807) is 24.3 Å². The van der Waals surface area contributed by atoms with Crippen molar-refractivity contribution in [2.45, 2.75) is 31.8 Å². The minimum Gasteiger partial charge on any atom is -0.355 e. The van der Waals surface area contributed by atoms with Crippen molar-refractivity contribution in [2.75, 3.05) is 11.9 Å². The fourth-order valence-electron chi connectivity index (χ4n) is 2.94. The zero-order valence-electron chi connectivity index (χ0n) is 14.4. The van der Waals surface area contributed by atoms with Crippen LogP contribution in [0.4, 0.5) is 5.69 Å². The van der Waals surface area contributed by atoms with Gasteiger partial charge in [0.1, 0.15) is 0 Å². The lowest BCUT2D eigenvalue weighted by atomic mass is 10.1. The molecule has 1 aliphatic heterocycles. The Kier molecular flexibility index (Phi) is 6.26. The third-order valence-corrected chi connectivity index (χ3v) is 4.63. The number of hydrogen-bond acceptors (Lipinski definition) is 3. The van der Waals surface area contributed by atoms with Gasteiger partial charge in [-0.3, -0.25) is 9.59 Å². The van der Waals surface area contributed by atoms with Crippen molar-refractivity contribution in [3.63, 3.8) is 0 Å². The Bertz CT molecular complexity index is 777. The molecule has 1 unspecified atom stereocenters. The summed E-state index contributed by atoms with van der Waals surface area (Å²) in [5.74, 6) is -0.121. The number of anilines is 1. The van der Waals surface area contributed by atoms with Crippen LogP contribution in [0.15, 0.2) is 48.5 Å². The molecule has 0 bridgehead atoms. The van der Waals surface area contributed by atoms with E-state index >= 15 is 0 Å². The number of carbonyl (C=O) groups is 2. The van der Waals surface area contributed by atoms with Gasteiger partial charge in [0.05, 0.1) is 6.04 Å². The van der Waals surface area contributed by atoms with Gasteiger partial charge < -0.3 is 16.0 Å².